The van der Waals surface area contributed by atoms with E-state index >= 15 is 0 Å². The Bertz CT molecular complexity index is 795. The van der Waals surface area contributed by atoms with Gasteiger partial charge in [-0.1, -0.05) is 45.2 Å². The van der Waals surface area contributed by atoms with Crippen LogP contribution in [0.4, 0.5) is 0 Å². The summed E-state index contributed by atoms with van der Waals surface area (Å²) in [7, 11) is 1.46. The first-order valence-electron chi connectivity index (χ1n) is 7.09. The third-order valence-corrected chi connectivity index (χ3v) is 4.32. The SMILES string of the molecule is COc1cc(Br)ccc1OC(=O)CCC(=O)Oc1cccc(Cl)c1Cl. The monoisotopic (exact) mass is 446 g/mol. The fraction of sp³-hybridized carbons (Fsp3) is 0.176. The molecule has 0 saturated carbocycles. The second-order valence-electron chi connectivity index (χ2n) is 4.80. The van der Waals surface area contributed by atoms with Gasteiger partial charge in [0, 0.05) is 4.47 Å². The molecular formula is C17H13BrCl2O5. The molecule has 0 bridgehead atoms. The summed E-state index contributed by atoms with van der Waals surface area (Å²) < 4.78 is 16.2. The topological polar surface area (TPSA) is 61.8 Å². The zero-order chi connectivity index (χ0) is 18.4. The molecule has 0 aliphatic heterocycles. The molecule has 25 heavy (non-hydrogen) atoms. The molecule has 0 aliphatic carbocycles. The van der Waals surface area contributed by atoms with Gasteiger partial charge in [-0.15, -0.1) is 0 Å². The summed E-state index contributed by atoms with van der Waals surface area (Å²) in [6, 6.07) is 9.65. The van der Waals surface area contributed by atoms with Crippen LogP contribution in [0.5, 0.6) is 17.2 Å². The van der Waals surface area contributed by atoms with Crippen LogP contribution in [0.3, 0.4) is 0 Å². The second kappa shape index (κ2) is 9.08. The normalized spacial score (nSPS) is 10.2. The Morgan fingerprint density at radius 2 is 1.60 bits per heavy atom. The predicted octanol–water partition coefficient (Wildman–Crippen LogP) is 5.06. The maximum atomic E-state index is 11.9. The number of methoxy groups -OCH3 is 1. The number of benzene rings is 2. The van der Waals surface area contributed by atoms with Gasteiger partial charge in [-0.2, -0.15) is 0 Å². The van der Waals surface area contributed by atoms with Gasteiger partial charge in [-0.3, -0.25) is 9.59 Å². The van der Waals surface area contributed by atoms with E-state index in [1.54, 1.807) is 30.3 Å². The molecule has 0 aliphatic rings. The summed E-state index contributed by atoms with van der Waals surface area (Å²) >= 11 is 15.1. The number of carbonyl (C=O) groups is 2. The molecule has 5 nitrogen and oxygen atoms in total. The van der Waals surface area contributed by atoms with E-state index in [0.29, 0.717) is 5.75 Å². The lowest BCUT2D eigenvalue weighted by Crippen LogP contribution is -2.14. The van der Waals surface area contributed by atoms with Gasteiger partial charge in [0.05, 0.1) is 25.0 Å². The van der Waals surface area contributed by atoms with Gasteiger partial charge in [-0.25, -0.2) is 0 Å². The Kier molecular flexibility index (Phi) is 7.11. The zero-order valence-corrected chi connectivity index (χ0v) is 16.2. The highest BCUT2D eigenvalue weighted by atomic mass is 79.9. The minimum absolute atomic E-state index is 0.139. The van der Waals surface area contributed by atoms with Crippen molar-refractivity contribution in [1.82, 2.24) is 0 Å². The first-order valence-corrected chi connectivity index (χ1v) is 8.64. The largest absolute Gasteiger partial charge is 0.493 e. The van der Waals surface area contributed by atoms with Crippen LogP contribution in [0, 0.1) is 0 Å². The third-order valence-electron chi connectivity index (χ3n) is 3.02. The van der Waals surface area contributed by atoms with Gasteiger partial charge < -0.3 is 14.2 Å². The van der Waals surface area contributed by atoms with Crippen molar-refractivity contribution >= 4 is 51.1 Å². The summed E-state index contributed by atoms with van der Waals surface area (Å²) in [4.78, 5) is 23.7. The van der Waals surface area contributed by atoms with Gasteiger partial charge in [0.1, 0.15) is 5.02 Å². The smallest absolute Gasteiger partial charge is 0.311 e. The van der Waals surface area contributed by atoms with E-state index in [-0.39, 0.29) is 34.4 Å². The maximum absolute atomic E-state index is 11.9. The fourth-order valence-corrected chi connectivity index (χ4v) is 2.51. The molecule has 0 fully saturated rings. The van der Waals surface area contributed by atoms with Crippen LogP contribution < -0.4 is 14.2 Å². The van der Waals surface area contributed by atoms with E-state index in [9.17, 15) is 9.59 Å². The highest BCUT2D eigenvalue weighted by molar-refractivity contribution is 9.10. The van der Waals surface area contributed by atoms with Crippen LogP contribution in [0.25, 0.3) is 0 Å². The standard InChI is InChI=1S/C17H13BrCl2O5/c1-23-14-9-10(18)5-6-12(14)24-15(21)7-8-16(22)25-13-4-2-3-11(19)17(13)20/h2-6,9H,7-8H2,1H3. The average Bonchev–Trinajstić information content (AvgIpc) is 2.58. The van der Waals surface area contributed by atoms with Crippen molar-refractivity contribution in [3.8, 4) is 17.2 Å². The maximum Gasteiger partial charge on any atom is 0.311 e. The summed E-state index contributed by atoms with van der Waals surface area (Å²) in [6.07, 6.45) is -0.323. The molecule has 0 spiro atoms. The number of rotatable bonds is 6. The molecule has 0 N–H and O–H groups in total. The highest BCUT2D eigenvalue weighted by Crippen LogP contribution is 2.32. The van der Waals surface area contributed by atoms with Gasteiger partial charge in [-0.05, 0) is 30.3 Å². The summed E-state index contributed by atoms with van der Waals surface area (Å²) in [5, 5.41) is 0.411. The Hall–Kier alpha value is -1.76. The van der Waals surface area contributed by atoms with Crippen molar-refractivity contribution in [3.05, 3.63) is 50.9 Å². The number of halogens is 3. The number of esters is 2. The number of ether oxygens (including phenoxy) is 3. The van der Waals surface area contributed by atoms with Crippen LogP contribution >= 0.6 is 39.1 Å². The number of hydrogen-bond acceptors (Lipinski definition) is 5. The third kappa shape index (κ3) is 5.63. The fourth-order valence-electron chi connectivity index (χ4n) is 1.84. The molecule has 8 heteroatoms. The van der Waals surface area contributed by atoms with Gasteiger partial charge in [0.2, 0.25) is 0 Å². The summed E-state index contributed by atoms with van der Waals surface area (Å²) in [6.45, 7) is 0. The Balaban J connectivity index is 1.89. The Morgan fingerprint density at radius 3 is 2.24 bits per heavy atom. The van der Waals surface area contributed by atoms with E-state index in [1.165, 1.54) is 13.2 Å². The van der Waals surface area contributed by atoms with Crippen molar-refractivity contribution in [1.29, 1.82) is 0 Å². The van der Waals surface area contributed by atoms with Crippen molar-refractivity contribution in [2.24, 2.45) is 0 Å². The van der Waals surface area contributed by atoms with Crippen LogP contribution in [0.15, 0.2) is 40.9 Å². The lowest BCUT2D eigenvalue weighted by molar-refractivity contribution is -0.140. The molecule has 0 radical (unpaired) electrons. The number of carbonyl (C=O) groups excluding carboxylic acids is 2. The van der Waals surface area contributed by atoms with Crippen molar-refractivity contribution in [2.75, 3.05) is 7.11 Å². The minimum atomic E-state index is -0.621. The molecule has 0 unspecified atom stereocenters. The lowest BCUT2D eigenvalue weighted by atomic mass is 10.3. The van der Waals surface area contributed by atoms with Gasteiger partial charge >= 0.3 is 11.9 Å². The van der Waals surface area contributed by atoms with E-state index in [2.05, 4.69) is 15.9 Å². The van der Waals surface area contributed by atoms with Crippen molar-refractivity contribution < 1.29 is 23.8 Å². The molecule has 0 saturated heterocycles. The van der Waals surface area contributed by atoms with Crippen LogP contribution in [-0.2, 0) is 9.59 Å². The van der Waals surface area contributed by atoms with Crippen LogP contribution in [0.2, 0.25) is 10.0 Å². The van der Waals surface area contributed by atoms with E-state index < -0.39 is 11.9 Å². The van der Waals surface area contributed by atoms with Gasteiger partial charge in [0.15, 0.2) is 17.2 Å². The molecule has 132 valence electrons. The van der Waals surface area contributed by atoms with Gasteiger partial charge in [0.25, 0.3) is 0 Å². The van der Waals surface area contributed by atoms with E-state index in [1.807, 2.05) is 0 Å². The molecule has 2 rings (SSSR count). The number of hydrogen-bond donors (Lipinski definition) is 0. The van der Waals surface area contributed by atoms with Crippen molar-refractivity contribution in [2.45, 2.75) is 12.8 Å². The van der Waals surface area contributed by atoms with Crippen LogP contribution in [-0.4, -0.2) is 19.0 Å². The Labute approximate surface area is 162 Å². The summed E-state index contributed by atoms with van der Waals surface area (Å²) in [5.74, 6) is -0.404. The quantitative estimate of drug-likeness (QED) is 0.457. The Morgan fingerprint density at radius 1 is 0.960 bits per heavy atom. The summed E-state index contributed by atoms with van der Waals surface area (Å²) in [5.41, 5.74) is 0. The van der Waals surface area contributed by atoms with E-state index in [4.69, 9.17) is 37.4 Å². The van der Waals surface area contributed by atoms with Crippen molar-refractivity contribution in [3.63, 3.8) is 0 Å². The molecule has 2 aromatic rings. The first kappa shape index (κ1) is 19.6. The van der Waals surface area contributed by atoms with E-state index in [0.717, 1.165) is 4.47 Å². The second-order valence-corrected chi connectivity index (χ2v) is 6.50. The first-order chi connectivity index (χ1) is 11.9. The lowest BCUT2D eigenvalue weighted by Gasteiger charge is -2.10. The highest BCUT2D eigenvalue weighted by Gasteiger charge is 2.15. The average molecular weight is 448 g/mol. The molecule has 0 heterocycles. The predicted molar refractivity (Wildman–Crippen MR) is 97.7 cm³/mol. The van der Waals surface area contributed by atoms with Crippen LogP contribution in [0.1, 0.15) is 12.8 Å². The zero-order valence-electron chi connectivity index (χ0n) is 13.1. The minimum Gasteiger partial charge on any atom is -0.493 e. The molecule has 0 aromatic heterocycles. The molecule has 0 atom stereocenters. The molecule has 2 aromatic carbocycles. The molecule has 0 amide bonds. The molecular weight excluding hydrogens is 435 g/mol.